The third kappa shape index (κ3) is 6.62. The number of benzene rings is 3. The second-order valence-corrected chi connectivity index (χ2v) is 9.65. The molecule has 0 unspecified atom stereocenters. The van der Waals surface area contributed by atoms with Gasteiger partial charge in [0.05, 0.1) is 11.5 Å². The number of nitro groups is 1. The molecule has 4 aromatic rings. The number of nitro benzene ring substituents is 1. The van der Waals surface area contributed by atoms with Crippen molar-refractivity contribution in [2.24, 2.45) is 0 Å². The van der Waals surface area contributed by atoms with Crippen LogP contribution in [0.15, 0.2) is 78.0 Å². The number of carbonyl (C=O) groups is 1. The molecule has 1 amide bonds. The average molecular weight is 516 g/mol. The topological polar surface area (TPSA) is 103 Å². The molecular formula is C28H29N5O3S. The van der Waals surface area contributed by atoms with E-state index in [1.54, 1.807) is 12.1 Å². The average Bonchev–Trinajstić information content (AvgIpc) is 3.33. The predicted molar refractivity (Wildman–Crippen MR) is 145 cm³/mol. The third-order valence-corrected chi connectivity index (χ3v) is 7.06. The van der Waals surface area contributed by atoms with Crippen molar-refractivity contribution in [3.8, 4) is 5.69 Å². The van der Waals surface area contributed by atoms with Crippen molar-refractivity contribution in [2.75, 3.05) is 0 Å². The van der Waals surface area contributed by atoms with Crippen molar-refractivity contribution in [1.29, 1.82) is 0 Å². The van der Waals surface area contributed by atoms with Crippen LogP contribution < -0.4 is 5.32 Å². The van der Waals surface area contributed by atoms with E-state index in [9.17, 15) is 14.9 Å². The maximum Gasteiger partial charge on any atom is 0.269 e. The van der Waals surface area contributed by atoms with Crippen molar-refractivity contribution in [3.63, 3.8) is 0 Å². The first kappa shape index (κ1) is 26.1. The van der Waals surface area contributed by atoms with Crippen LogP contribution in [0.5, 0.6) is 0 Å². The summed E-state index contributed by atoms with van der Waals surface area (Å²) in [4.78, 5) is 23.5. The predicted octanol–water partition coefficient (Wildman–Crippen LogP) is 6.05. The van der Waals surface area contributed by atoms with Crippen LogP contribution in [0.25, 0.3) is 5.69 Å². The highest BCUT2D eigenvalue weighted by molar-refractivity contribution is 7.98. The number of hydrogen-bond donors (Lipinski definition) is 1. The summed E-state index contributed by atoms with van der Waals surface area (Å²) < 4.78 is 1.83. The highest BCUT2D eigenvalue weighted by Gasteiger charge is 2.17. The van der Waals surface area contributed by atoms with Crippen LogP contribution in [0.4, 0.5) is 5.69 Å². The van der Waals surface area contributed by atoms with Gasteiger partial charge in [0.1, 0.15) is 0 Å². The standard InChI is InChI=1S/C28H29N5O3S/c1-3-4-8-21-10-12-22(13-11-21)27(34)29-18-26-30-31-28(37-19-23-9-6-5-7-20(23)2)32(26)24-14-16-25(17-15-24)33(35)36/h5-7,9-17H,3-4,8,18-19H2,1-2H3,(H,29,34). The Morgan fingerprint density at radius 1 is 1.03 bits per heavy atom. The van der Waals surface area contributed by atoms with Crippen molar-refractivity contribution >= 4 is 23.4 Å². The molecule has 0 aliphatic rings. The molecule has 0 aliphatic carbocycles. The molecule has 1 heterocycles. The lowest BCUT2D eigenvalue weighted by atomic mass is 10.1. The van der Waals surface area contributed by atoms with E-state index in [0.717, 1.165) is 19.3 Å². The normalized spacial score (nSPS) is 10.9. The number of unbranched alkanes of at least 4 members (excludes halogenated alkanes) is 1. The number of thioether (sulfide) groups is 1. The second-order valence-electron chi connectivity index (χ2n) is 8.71. The number of rotatable bonds is 11. The Bertz CT molecular complexity index is 1370. The van der Waals surface area contributed by atoms with E-state index in [2.05, 4.69) is 41.5 Å². The molecule has 0 saturated carbocycles. The van der Waals surface area contributed by atoms with Gasteiger partial charge >= 0.3 is 0 Å². The highest BCUT2D eigenvalue weighted by atomic mass is 32.2. The molecule has 0 aliphatic heterocycles. The van der Waals surface area contributed by atoms with E-state index >= 15 is 0 Å². The summed E-state index contributed by atoms with van der Waals surface area (Å²) in [6.07, 6.45) is 3.25. The maximum absolute atomic E-state index is 12.8. The first-order valence-electron chi connectivity index (χ1n) is 12.2. The molecule has 0 saturated heterocycles. The van der Waals surface area contributed by atoms with Gasteiger partial charge in [-0.1, -0.05) is 61.5 Å². The van der Waals surface area contributed by atoms with E-state index in [1.165, 1.54) is 40.6 Å². The molecule has 0 spiro atoms. The van der Waals surface area contributed by atoms with E-state index < -0.39 is 4.92 Å². The number of nitrogens with zero attached hydrogens (tertiary/aromatic N) is 4. The zero-order valence-electron chi connectivity index (χ0n) is 20.9. The molecule has 0 fully saturated rings. The summed E-state index contributed by atoms with van der Waals surface area (Å²) in [5, 5.41) is 23.4. The molecule has 8 nitrogen and oxygen atoms in total. The van der Waals surface area contributed by atoms with Gasteiger partial charge in [-0.05, 0) is 60.7 Å². The van der Waals surface area contributed by atoms with Crippen LogP contribution >= 0.6 is 11.8 Å². The Balaban J connectivity index is 1.54. The molecule has 3 aromatic carbocycles. The minimum atomic E-state index is -0.432. The number of carbonyl (C=O) groups excluding carboxylic acids is 1. The molecule has 37 heavy (non-hydrogen) atoms. The number of aryl methyl sites for hydroxylation is 2. The van der Waals surface area contributed by atoms with Crippen molar-refractivity contribution in [1.82, 2.24) is 20.1 Å². The first-order valence-corrected chi connectivity index (χ1v) is 13.2. The van der Waals surface area contributed by atoms with Gasteiger partial charge in [-0.3, -0.25) is 19.5 Å². The quantitative estimate of drug-likeness (QED) is 0.148. The molecular weight excluding hydrogens is 486 g/mol. The molecule has 0 radical (unpaired) electrons. The summed E-state index contributed by atoms with van der Waals surface area (Å²) in [7, 11) is 0. The fraction of sp³-hybridized carbons (Fsp3) is 0.250. The van der Waals surface area contributed by atoms with Crippen LogP contribution in [-0.2, 0) is 18.7 Å². The molecule has 1 aromatic heterocycles. The van der Waals surface area contributed by atoms with Gasteiger partial charge in [0.25, 0.3) is 11.6 Å². The van der Waals surface area contributed by atoms with Crippen LogP contribution in [0.3, 0.4) is 0 Å². The fourth-order valence-electron chi connectivity index (χ4n) is 3.87. The van der Waals surface area contributed by atoms with Crippen LogP contribution in [0.2, 0.25) is 0 Å². The summed E-state index contributed by atoms with van der Waals surface area (Å²) in [6, 6.07) is 22.0. The minimum absolute atomic E-state index is 0.00294. The van der Waals surface area contributed by atoms with E-state index in [4.69, 9.17) is 0 Å². The van der Waals surface area contributed by atoms with E-state index in [1.807, 2.05) is 41.0 Å². The summed E-state index contributed by atoms with van der Waals surface area (Å²) >= 11 is 1.52. The number of hydrogen-bond acceptors (Lipinski definition) is 6. The number of non-ortho nitro benzene ring substituents is 1. The third-order valence-electron chi connectivity index (χ3n) is 6.08. The SMILES string of the molecule is CCCCc1ccc(C(=O)NCc2nnc(SCc3ccccc3C)n2-c2ccc([N+](=O)[O-])cc2)cc1. The smallest absolute Gasteiger partial charge is 0.269 e. The van der Waals surface area contributed by atoms with Gasteiger partial charge in [0.15, 0.2) is 11.0 Å². The Hall–Kier alpha value is -3.98. The lowest BCUT2D eigenvalue weighted by molar-refractivity contribution is -0.384. The van der Waals surface area contributed by atoms with E-state index in [0.29, 0.717) is 28.0 Å². The van der Waals surface area contributed by atoms with Gasteiger partial charge < -0.3 is 5.32 Å². The number of aromatic nitrogens is 3. The molecule has 0 atom stereocenters. The van der Waals surface area contributed by atoms with Gasteiger partial charge in [0, 0.05) is 29.1 Å². The van der Waals surface area contributed by atoms with Crippen molar-refractivity contribution in [2.45, 2.75) is 50.6 Å². The highest BCUT2D eigenvalue weighted by Crippen LogP contribution is 2.27. The van der Waals surface area contributed by atoms with Crippen LogP contribution in [0, 0.1) is 17.0 Å². The second kappa shape index (κ2) is 12.3. The number of nitrogens with one attached hydrogen (secondary N) is 1. The van der Waals surface area contributed by atoms with Gasteiger partial charge in [-0.2, -0.15) is 0 Å². The van der Waals surface area contributed by atoms with Crippen molar-refractivity contribution in [3.05, 3.63) is 111 Å². The largest absolute Gasteiger partial charge is 0.345 e. The summed E-state index contributed by atoms with van der Waals surface area (Å²) in [5.41, 5.74) is 4.85. The Morgan fingerprint density at radius 2 is 1.76 bits per heavy atom. The maximum atomic E-state index is 12.8. The molecule has 190 valence electrons. The minimum Gasteiger partial charge on any atom is -0.345 e. The lowest BCUT2D eigenvalue weighted by Crippen LogP contribution is -2.24. The molecule has 0 bridgehead atoms. The van der Waals surface area contributed by atoms with Gasteiger partial charge in [0.2, 0.25) is 0 Å². The Morgan fingerprint density at radius 3 is 2.43 bits per heavy atom. The Kier molecular flexibility index (Phi) is 8.68. The molecule has 9 heteroatoms. The molecule has 1 N–H and O–H groups in total. The van der Waals surface area contributed by atoms with E-state index in [-0.39, 0.29) is 18.1 Å². The Labute approximate surface area is 220 Å². The fourth-order valence-corrected chi connectivity index (χ4v) is 4.92. The summed E-state index contributed by atoms with van der Waals surface area (Å²) in [5.74, 6) is 1.03. The summed E-state index contributed by atoms with van der Waals surface area (Å²) in [6.45, 7) is 4.38. The number of amides is 1. The monoisotopic (exact) mass is 515 g/mol. The van der Waals surface area contributed by atoms with Gasteiger partial charge in [-0.25, -0.2) is 0 Å². The lowest BCUT2D eigenvalue weighted by Gasteiger charge is -2.12. The van der Waals surface area contributed by atoms with Crippen molar-refractivity contribution < 1.29 is 9.72 Å². The van der Waals surface area contributed by atoms with Crippen LogP contribution in [0.1, 0.15) is 52.6 Å². The molecule has 4 rings (SSSR count). The zero-order valence-corrected chi connectivity index (χ0v) is 21.7. The first-order chi connectivity index (χ1) is 18.0. The van der Waals surface area contributed by atoms with Crippen LogP contribution in [-0.4, -0.2) is 25.6 Å². The zero-order chi connectivity index (χ0) is 26.2. The van der Waals surface area contributed by atoms with Gasteiger partial charge in [-0.15, -0.1) is 10.2 Å².